The van der Waals surface area contributed by atoms with Gasteiger partial charge in [0.05, 0.1) is 28.4 Å². The summed E-state index contributed by atoms with van der Waals surface area (Å²) in [5.41, 5.74) is 1.68. The summed E-state index contributed by atoms with van der Waals surface area (Å²) in [5, 5.41) is 15.4. The molecule has 0 unspecified atom stereocenters. The zero-order valence-electron chi connectivity index (χ0n) is 30.0. The van der Waals surface area contributed by atoms with Gasteiger partial charge in [-0.2, -0.15) is 5.10 Å². The number of pyridine rings is 1. The van der Waals surface area contributed by atoms with Crippen LogP contribution in [-0.4, -0.2) is 45.0 Å². The minimum absolute atomic E-state index is 0.0358. The van der Waals surface area contributed by atoms with Crippen molar-refractivity contribution in [3.63, 3.8) is 0 Å². The maximum Gasteiger partial charge on any atom is 0.266 e. The van der Waals surface area contributed by atoms with Gasteiger partial charge in [0.1, 0.15) is 17.5 Å². The van der Waals surface area contributed by atoms with Crippen molar-refractivity contribution < 1.29 is 31.5 Å². The van der Waals surface area contributed by atoms with E-state index in [2.05, 4.69) is 25.7 Å². The topological polar surface area (TPSA) is 100 Å². The monoisotopic (exact) mass is 742 g/mol. The molecule has 2 saturated heterocycles. The number of halogens is 5. The molecular weight excluding hydrogens is 703 g/mol. The van der Waals surface area contributed by atoms with Gasteiger partial charge in [0.2, 0.25) is 11.8 Å². The van der Waals surface area contributed by atoms with E-state index in [4.69, 9.17) is 4.98 Å². The molecule has 7 rings (SSSR count). The lowest BCUT2D eigenvalue weighted by Gasteiger charge is -2.34. The smallest absolute Gasteiger partial charge is 0.266 e. The highest BCUT2D eigenvalue weighted by atomic mass is 19.3. The molecule has 0 aliphatic carbocycles. The van der Waals surface area contributed by atoms with Crippen LogP contribution in [0, 0.1) is 24.4 Å². The Bertz CT molecular complexity index is 2240. The number of carbonyl (C=O) groups excluding carboxylic acids is 2. The fourth-order valence-electron chi connectivity index (χ4n) is 7.63. The minimum atomic E-state index is -2.94. The molecule has 0 spiro atoms. The first-order valence-electron chi connectivity index (χ1n) is 17.9. The Morgan fingerprint density at radius 2 is 1.65 bits per heavy atom. The highest BCUT2D eigenvalue weighted by molar-refractivity contribution is 6.03. The van der Waals surface area contributed by atoms with Crippen LogP contribution in [0.3, 0.4) is 0 Å². The van der Waals surface area contributed by atoms with Gasteiger partial charge in [0, 0.05) is 46.6 Å². The van der Waals surface area contributed by atoms with E-state index in [9.17, 15) is 22.8 Å². The number of piperidine rings is 2. The molecule has 2 aliphatic rings. The minimum Gasteiger partial charge on any atom is -0.361 e. The highest BCUT2D eigenvalue weighted by Gasteiger charge is 2.41. The summed E-state index contributed by atoms with van der Waals surface area (Å²) < 4.78 is 72.7. The average molecular weight is 743 g/mol. The number of benzene rings is 3. The summed E-state index contributed by atoms with van der Waals surface area (Å²) in [6, 6.07) is 15.5. The molecule has 5 aromatic rings. The highest BCUT2D eigenvalue weighted by Crippen LogP contribution is 2.38. The zero-order valence-corrected chi connectivity index (χ0v) is 30.0. The Labute approximate surface area is 309 Å². The number of alkyl halides is 2. The number of hydrogen-bond acceptors (Lipinski definition) is 7. The molecule has 3 aromatic carbocycles. The number of nitrogens with one attached hydrogen (secondary N) is 2. The number of aromatic nitrogens is 3. The van der Waals surface area contributed by atoms with Crippen molar-refractivity contribution in [2.75, 3.05) is 18.4 Å². The van der Waals surface area contributed by atoms with Gasteiger partial charge in [0.15, 0.2) is 5.82 Å². The lowest BCUT2D eigenvalue weighted by molar-refractivity contribution is -0.137. The number of amides is 2. The molecule has 13 heteroatoms. The zero-order chi connectivity index (χ0) is 38.3. The maximum absolute atomic E-state index is 15.5. The lowest BCUT2D eigenvalue weighted by atomic mass is 9.74. The van der Waals surface area contributed by atoms with Crippen molar-refractivity contribution in [2.45, 2.75) is 76.8 Å². The average Bonchev–Trinajstić information content (AvgIpc) is 3.14. The van der Waals surface area contributed by atoms with E-state index in [1.54, 1.807) is 27.0 Å². The second-order valence-electron chi connectivity index (χ2n) is 14.5. The molecule has 2 aliphatic heterocycles. The molecule has 0 saturated carbocycles. The fraction of sp³-hybridized carbons (Fsp3) is 0.341. The van der Waals surface area contributed by atoms with Crippen LogP contribution >= 0.6 is 0 Å². The number of anilines is 1. The summed E-state index contributed by atoms with van der Waals surface area (Å²) in [6.07, 6.45) is 0.157. The van der Waals surface area contributed by atoms with Crippen LogP contribution in [0.5, 0.6) is 0 Å². The van der Waals surface area contributed by atoms with Crippen molar-refractivity contribution in [1.29, 1.82) is 0 Å². The molecule has 280 valence electrons. The molecule has 54 heavy (non-hydrogen) atoms. The third kappa shape index (κ3) is 7.16. The quantitative estimate of drug-likeness (QED) is 0.115. The van der Waals surface area contributed by atoms with E-state index in [0.717, 1.165) is 22.6 Å². The molecule has 0 bridgehead atoms. The summed E-state index contributed by atoms with van der Waals surface area (Å²) >= 11 is 0. The number of imide groups is 1. The summed E-state index contributed by atoms with van der Waals surface area (Å²) in [7, 11) is 0. The summed E-state index contributed by atoms with van der Waals surface area (Å²) in [6.45, 7) is 6.93. The van der Waals surface area contributed by atoms with E-state index in [1.165, 1.54) is 24.3 Å². The molecule has 0 radical (unpaired) electrons. The fourth-order valence-corrected chi connectivity index (χ4v) is 7.63. The van der Waals surface area contributed by atoms with Gasteiger partial charge in [-0.3, -0.25) is 24.8 Å². The molecule has 2 N–H and O–H groups in total. The van der Waals surface area contributed by atoms with Gasteiger partial charge in [-0.05, 0) is 94.4 Å². The summed E-state index contributed by atoms with van der Waals surface area (Å²) in [5.74, 6) is -3.21. The van der Waals surface area contributed by atoms with Crippen molar-refractivity contribution >= 4 is 28.4 Å². The number of fused-ring (bicyclic) bond motifs is 1. The van der Waals surface area contributed by atoms with E-state index in [0.29, 0.717) is 55.1 Å². The first kappa shape index (κ1) is 37.0. The number of hydrogen-bond donors (Lipinski definition) is 2. The Morgan fingerprint density at radius 3 is 2.35 bits per heavy atom. The van der Waals surface area contributed by atoms with Crippen LogP contribution in [0.1, 0.15) is 91.4 Å². The van der Waals surface area contributed by atoms with Crippen LogP contribution in [-0.2, 0) is 21.5 Å². The first-order valence-corrected chi connectivity index (χ1v) is 17.9. The van der Waals surface area contributed by atoms with Gasteiger partial charge >= 0.3 is 0 Å². The molecule has 4 heterocycles. The maximum atomic E-state index is 15.5. The largest absolute Gasteiger partial charge is 0.361 e. The van der Waals surface area contributed by atoms with Gasteiger partial charge in [0.25, 0.3) is 6.43 Å². The van der Waals surface area contributed by atoms with E-state index in [-0.39, 0.29) is 35.4 Å². The Balaban J connectivity index is 1.05. The number of carbonyl (C=O) groups is 2. The Kier molecular flexibility index (Phi) is 10.2. The molecule has 2 amide bonds. The number of rotatable bonds is 9. The van der Waals surface area contributed by atoms with Gasteiger partial charge < -0.3 is 5.32 Å². The Hall–Kier alpha value is -5.30. The molecule has 8 nitrogen and oxygen atoms in total. The van der Waals surface area contributed by atoms with Crippen LogP contribution in [0.15, 0.2) is 66.9 Å². The second-order valence-corrected chi connectivity index (χ2v) is 14.5. The van der Waals surface area contributed by atoms with Crippen molar-refractivity contribution in [1.82, 2.24) is 25.4 Å². The first-order chi connectivity index (χ1) is 25.8. The molecule has 2 atom stereocenters. The third-order valence-electron chi connectivity index (χ3n) is 10.9. The molecular formula is C41H39F5N6O2. The molecule has 2 fully saturated rings. The van der Waals surface area contributed by atoms with Crippen molar-refractivity contribution in [2.24, 2.45) is 0 Å². The van der Waals surface area contributed by atoms with Crippen molar-refractivity contribution in [3.05, 3.63) is 118 Å². The second kappa shape index (κ2) is 14.8. The number of aryl methyl sites for hydroxylation is 1. The standard InChI is InChI=1S/C41H39F5N6O2/c1-22(28-8-5-9-29(37(28)44)38(45)46)48-39-30-19-34(47-20-31(30)23(2)50-51-39)26-7-4-6-24(16-26)21-52-14-11-25(12-15-52)36-32(42)17-27(18-33(36)43)41(3)13-10-35(53)49-40(41)54/h4-9,16-20,22,25,38H,10-15,21H2,1-3H3,(H,48,51)(H,49,53,54)/t22-,41-/m1/s1. The SMILES string of the molecule is Cc1nnc(N[C@H](C)c2cccc(C(F)F)c2F)c2cc(-c3cccc(CN4CCC(c5c(F)cc([C@@]6(C)CCC(=O)NC6=O)cc5F)CC4)c3)ncc12. The normalized spacial score (nSPS) is 19.0. The number of likely N-dealkylation sites (tertiary alicyclic amines) is 1. The van der Waals surface area contributed by atoms with Crippen LogP contribution in [0.4, 0.5) is 27.8 Å². The van der Waals surface area contributed by atoms with Gasteiger partial charge in [-0.15, -0.1) is 5.10 Å². The van der Waals surface area contributed by atoms with Crippen LogP contribution in [0.2, 0.25) is 0 Å². The molecule has 2 aromatic heterocycles. The third-order valence-corrected chi connectivity index (χ3v) is 10.9. The predicted octanol–water partition coefficient (Wildman–Crippen LogP) is 8.60. The van der Waals surface area contributed by atoms with Gasteiger partial charge in [-0.25, -0.2) is 22.0 Å². The van der Waals surface area contributed by atoms with Crippen LogP contribution in [0.25, 0.3) is 22.0 Å². The Morgan fingerprint density at radius 1 is 0.944 bits per heavy atom. The van der Waals surface area contributed by atoms with E-state index >= 15 is 8.78 Å². The predicted molar refractivity (Wildman–Crippen MR) is 194 cm³/mol. The van der Waals surface area contributed by atoms with E-state index < -0.39 is 52.7 Å². The van der Waals surface area contributed by atoms with Crippen LogP contribution < -0.4 is 10.6 Å². The van der Waals surface area contributed by atoms with E-state index in [1.807, 2.05) is 30.3 Å². The number of nitrogens with zero attached hydrogens (tertiary/aromatic N) is 4. The lowest BCUT2D eigenvalue weighted by Crippen LogP contribution is -2.49. The summed E-state index contributed by atoms with van der Waals surface area (Å²) in [4.78, 5) is 31.2. The van der Waals surface area contributed by atoms with Gasteiger partial charge in [-0.1, -0.05) is 36.4 Å². The van der Waals surface area contributed by atoms with Crippen molar-refractivity contribution in [3.8, 4) is 11.3 Å².